The zero-order valence-corrected chi connectivity index (χ0v) is 12.1. The van der Waals surface area contributed by atoms with Gasteiger partial charge in [0.2, 0.25) is 0 Å². The molecule has 4 heteroatoms. The summed E-state index contributed by atoms with van der Waals surface area (Å²) in [5, 5.41) is 2.92. The van der Waals surface area contributed by atoms with Gasteiger partial charge in [-0.05, 0) is 31.2 Å². The molecule has 21 heavy (non-hydrogen) atoms. The predicted molar refractivity (Wildman–Crippen MR) is 78.6 cm³/mol. The van der Waals surface area contributed by atoms with Crippen LogP contribution in [0.5, 0.6) is 0 Å². The average molecular weight is 287 g/mol. The van der Waals surface area contributed by atoms with Crippen molar-refractivity contribution < 1.29 is 14.3 Å². The van der Waals surface area contributed by atoms with Crippen molar-refractivity contribution in [2.24, 2.45) is 11.8 Å². The highest BCUT2D eigenvalue weighted by molar-refractivity contribution is 5.85. The van der Waals surface area contributed by atoms with Gasteiger partial charge in [-0.25, -0.2) is 4.79 Å². The largest absolute Gasteiger partial charge is 0.445 e. The summed E-state index contributed by atoms with van der Waals surface area (Å²) in [6, 6.07) is 9.71. The average Bonchev–Trinajstić information content (AvgIpc) is 2.47. The number of rotatable bonds is 3. The molecule has 2 bridgehead atoms. The third kappa shape index (κ3) is 3.43. The molecule has 0 heterocycles. The lowest BCUT2D eigenvalue weighted by Crippen LogP contribution is -2.46. The number of nitrogens with one attached hydrogen (secondary N) is 1. The minimum Gasteiger partial charge on any atom is -0.445 e. The molecule has 0 aromatic heterocycles. The fourth-order valence-corrected chi connectivity index (χ4v) is 3.53. The fraction of sp³-hybridized carbons (Fsp3) is 0.529. The lowest BCUT2D eigenvalue weighted by Gasteiger charge is -2.37. The van der Waals surface area contributed by atoms with Crippen molar-refractivity contribution >= 4 is 11.9 Å². The van der Waals surface area contributed by atoms with Crippen LogP contribution in [0, 0.1) is 11.8 Å². The first-order valence-electron chi connectivity index (χ1n) is 7.73. The van der Waals surface area contributed by atoms with Crippen LogP contribution in [0.1, 0.15) is 37.7 Å². The van der Waals surface area contributed by atoms with Crippen LogP contribution in [0.2, 0.25) is 0 Å². The van der Waals surface area contributed by atoms with Gasteiger partial charge in [0.05, 0.1) is 0 Å². The minimum atomic E-state index is -0.378. The maximum Gasteiger partial charge on any atom is 0.407 e. The van der Waals surface area contributed by atoms with Gasteiger partial charge in [0.25, 0.3) is 0 Å². The Morgan fingerprint density at radius 1 is 1.14 bits per heavy atom. The van der Waals surface area contributed by atoms with Gasteiger partial charge < -0.3 is 10.1 Å². The van der Waals surface area contributed by atoms with Gasteiger partial charge in [0, 0.05) is 17.9 Å². The molecule has 2 fully saturated rings. The number of hydrogen-bond donors (Lipinski definition) is 1. The van der Waals surface area contributed by atoms with E-state index < -0.39 is 0 Å². The lowest BCUT2D eigenvalue weighted by molar-refractivity contribution is -0.132. The highest BCUT2D eigenvalue weighted by Crippen LogP contribution is 2.37. The van der Waals surface area contributed by atoms with Crippen LogP contribution in [0.25, 0.3) is 0 Å². The van der Waals surface area contributed by atoms with Gasteiger partial charge in [-0.3, -0.25) is 4.79 Å². The van der Waals surface area contributed by atoms with Crippen molar-refractivity contribution in [3.05, 3.63) is 35.9 Å². The number of carbonyl (C=O) groups excluding carboxylic acids is 2. The Morgan fingerprint density at radius 2 is 1.81 bits per heavy atom. The van der Waals surface area contributed by atoms with Crippen molar-refractivity contribution in [2.45, 2.75) is 44.8 Å². The second-order valence-electron chi connectivity index (χ2n) is 6.10. The van der Waals surface area contributed by atoms with E-state index in [0.29, 0.717) is 5.78 Å². The fourth-order valence-electron chi connectivity index (χ4n) is 3.53. The summed E-state index contributed by atoms with van der Waals surface area (Å²) in [5.41, 5.74) is 0.975. The Balaban J connectivity index is 1.48. The summed E-state index contributed by atoms with van der Waals surface area (Å²) in [6.07, 6.45) is 4.27. The van der Waals surface area contributed by atoms with E-state index in [0.717, 1.165) is 37.7 Å². The molecule has 3 rings (SSSR count). The molecule has 1 N–H and O–H groups in total. The van der Waals surface area contributed by atoms with Gasteiger partial charge in [-0.1, -0.05) is 36.8 Å². The first-order valence-corrected chi connectivity index (χ1v) is 7.73. The molecule has 2 aliphatic carbocycles. The van der Waals surface area contributed by atoms with Crippen molar-refractivity contribution in [1.29, 1.82) is 0 Å². The molecule has 0 spiro atoms. The topological polar surface area (TPSA) is 55.4 Å². The van der Waals surface area contributed by atoms with Crippen LogP contribution >= 0.6 is 0 Å². The van der Waals surface area contributed by atoms with E-state index in [1.807, 2.05) is 30.3 Å². The molecule has 4 nitrogen and oxygen atoms in total. The van der Waals surface area contributed by atoms with Crippen molar-refractivity contribution in [3.8, 4) is 0 Å². The van der Waals surface area contributed by atoms with E-state index in [2.05, 4.69) is 5.32 Å². The molecular weight excluding hydrogens is 266 g/mol. The highest BCUT2D eigenvalue weighted by Gasteiger charge is 2.39. The molecule has 1 aromatic rings. The Morgan fingerprint density at radius 3 is 2.48 bits per heavy atom. The SMILES string of the molecule is O=C(NC1CC2CCCC(C1)C2=O)OCc1ccccc1. The summed E-state index contributed by atoms with van der Waals surface area (Å²) < 4.78 is 5.24. The summed E-state index contributed by atoms with van der Waals surface area (Å²) in [7, 11) is 0. The summed E-state index contributed by atoms with van der Waals surface area (Å²) in [6.45, 7) is 0.283. The van der Waals surface area contributed by atoms with E-state index in [1.54, 1.807) is 0 Å². The quantitative estimate of drug-likeness (QED) is 0.929. The Hall–Kier alpha value is -1.84. The number of fused-ring (bicyclic) bond motifs is 2. The molecule has 0 radical (unpaired) electrons. The van der Waals surface area contributed by atoms with Gasteiger partial charge in [0.15, 0.2) is 0 Å². The number of benzene rings is 1. The van der Waals surface area contributed by atoms with E-state index in [4.69, 9.17) is 4.74 Å². The van der Waals surface area contributed by atoms with E-state index in [9.17, 15) is 9.59 Å². The summed E-state index contributed by atoms with van der Waals surface area (Å²) in [5.74, 6) is 0.714. The molecule has 0 aliphatic heterocycles. The number of alkyl carbamates (subject to hydrolysis) is 1. The van der Waals surface area contributed by atoms with Crippen LogP contribution in [0.3, 0.4) is 0 Å². The van der Waals surface area contributed by atoms with Crippen LogP contribution in [-0.4, -0.2) is 17.9 Å². The minimum absolute atomic E-state index is 0.0845. The zero-order chi connectivity index (χ0) is 14.7. The Kier molecular flexibility index (Phi) is 4.23. The number of ether oxygens (including phenoxy) is 1. The number of amides is 1. The smallest absolute Gasteiger partial charge is 0.407 e. The summed E-state index contributed by atoms with van der Waals surface area (Å²) >= 11 is 0. The molecule has 2 unspecified atom stereocenters. The monoisotopic (exact) mass is 287 g/mol. The molecule has 2 atom stereocenters. The number of ketones is 1. The first kappa shape index (κ1) is 14.1. The van der Waals surface area contributed by atoms with Crippen LogP contribution in [0.15, 0.2) is 30.3 Å². The van der Waals surface area contributed by atoms with Gasteiger partial charge in [-0.15, -0.1) is 0 Å². The van der Waals surface area contributed by atoms with E-state index >= 15 is 0 Å². The second kappa shape index (κ2) is 6.29. The first-order chi connectivity index (χ1) is 10.2. The number of carbonyl (C=O) groups is 2. The van der Waals surface area contributed by atoms with E-state index in [1.165, 1.54) is 0 Å². The molecule has 1 amide bonds. The lowest BCUT2D eigenvalue weighted by atomic mass is 9.69. The van der Waals surface area contributed by atoms with Gasteiger partial charge in [-0.2, -0.15) is 0 Å². The molecule has 0 saturated heterocycles. The van der Waals surface area contributed by atoms with Crippen molar-refractivity contribution in [1.82, 2.24) is 5.32 Å². The molecular formula is C17H21NO3. The standard InChI is InChI=1S/C17H21NO3/c19-16-13-7-4-8-14(16)10-15(9-13)18-17(20)21-11-12-5-2-1-3-6-12/h1-3,5-6,13-15H,4,7-11H2,(H,18,20). The Bertz CT molecular complexity index is 498. The third-order valence-electron chi connectivity index (χ3n) is 4.58. The predicted octanol–water partition coefficient (Wildman–Crippen LogP) is 3.06. The van der Waals surface area contributed by atoms with Crippen molar-refractivity contribution in [3.63, 3.8) is 0 Å². The summed E-state index contributed by atoms with van der Waals surface area (Å²) in [4.78, 5) is 23.9. The van der Waals surface area contributed by atoms with Crippen LogP contribution < -0.4 is 5.32 Å². The molecule has 112 valence electrons. The van der Waals surface area contributed by atoms with Crippen LogP contribution in [0.4, 0.5) is 4.79 Å². The van der Waals surface area contributed by atoms with Crippen LogP contribution in [-0.2, 0) is 16.1 Å². The van der Waals surface area contributed by atoms with E-state index in [-0.39, 0.29) is 30.6 Å². The molecule has 2 saturated carbocycles. The zero-order valence-electron chi connectivity index (χ0n) is 12.1. The Labute approximate surface area is 124 Å². The number of Topliss-reactive ketones (excluding diaryl/α,β-unsaturated/α-hetero) is 1. The van der Waals surface area contributed by atoms with Gasteiger partial charge in [0.1, 0.15) is 12.4 Å². The highest BCUT2D eigenvalue weighted by atomic mass is 16.5. The maximum atomic E-state index is 12.0. The third-order valence-corrected chi connectivity index (χ3v) is 4.58. The second-order valence-corrected chi connectivity index (χ2v) is 6.10. The van der Waals surface area contributed by atoms with Crippen molar-refractivity contribution in [2.75, 3.05) is 0 Å². The molecule has 1 aromatic carbocycles. The van der Waals surface area contributed by atoms with Gasteiger partial charge >= 0.3 is 6.09 Å². The maximum absolute atomic E-state index is 12.0. The number of hydrogen-bond acceptors (Lipinski definition) is 3. The molecule has 2 aliphatic rings. The normalized spacial score (nSPS) is 28.0.